The largest absolute Gasteiger partial charge is 0.390 e. The van der Waals surface area contributed by atoms with Gasteiger partial charge in [0, 0.05) is 18.1 Å². The van der Waals surface area contributed by atoms with Gasteiger partial charge in [0.25, 0.3) is 0 Å². The van der Waals surface area contributed by atoms with Crippen LogP contribution in [0, 0.1) is 0 Å². The van der Waals surface area contributed by atoms with Crippen LogP contribution in [0.1, 0.15) is 5.56 Å². The van der Waals surface area contributed by atoms with Gasteiger partial charge in [0.15, 0.2) is 9.84 Å². The van der Waals surface area contributed by atoms with E-state index in [0.717, 1.165) is 4.31 Å². The zero-order chi connectivity index (χ0) is 20.6. The molecule has 1 aromatic heterocycles. The number of aliphatic hydroxyl groups excluding tert-OH is 1. The highest BCUT2D eigenvalue weighted by atomic mass is 32.2. The fourth-order valence-electron chi connectivity index (χ4n) is 3.64. The summed E-state index contributed by atoms with van der Waals surface area (Å²) < 4.78 is 52.6. The molecule has 1 aliphatic heterocycles. The third-order valence-corrected chi connectivity index (χ3v) is 8.63. The minimum Gasteiger partial charge on any atom is -0.390 e. The quantitative estimate of drug-likeness (QED) is 0.656. The number of nitrogens with zero attached hydrogens (tertiary/aromatic N) is 2. The van der Waals surface area contributed by atoms with Crippen molar-refractivity contribution in [2.75, 3.05) is 11.5 Å². The fraction of sp³-hybridized carbons (Fsp3) is 0.250. The Bertz CT molecular complexity index is 1240. The normalized spacial score (nSPS) is 21.6. The highest BCUT2D eigenvalue weighted by Crippen LogP contribution is 2.30. The number of aliphatic hydroxyl groups is 1. The van der Waals surface area contributed by atoms with Gasteiger partial charge in [-0.25, -0.2) is 16.8 Å². The van der Waals surface area contributed by atoms with Gasteiger partial charge in [-0.15, -0.1) is 0 Å². The number of pyridine rings is 1. The third-order valence-electron chi connectivity index (χ3n) is 5.03. The standard InChI is InChI=1S/C20H20N2O5S2/c23-18-14-28(24,25)13-17(18)22(12-15-6-2-1-3-7-15)29(26,27)19-10-4-8-16-9-5-11-21-20(16)19/h1-11,17-18,23H,12-14H2/t17-,18+/m0/s1. The van der Waals surface area contributed by atoms with Gasteiger partial charge in [-0.2, -0.15) is 4.31 Å². The zero-order valence-corrected chi connectivity index (χ0v) is 17.1. The molecular formula is C20H20N2O5S2. The minimum absolute atomic E-state index is 0.0111. The summed E-state index contributed by atoms with van der Waals surface area (Å²) in [4.78, 5) is 4.21. The fourth-order valence-corrected chi connectivity index (χ4v) is 7.34. The Balaban J connectivity index is 1.85. The molecular weight excluding hydrogens is 412 g/mol. The monoisotopic (exact) mass is 432 g/mol. The first kappa shape index (κ1) is 20.0. The van der Waals surface area contributed by atoms with Crippen molar-refractivity contribution in [2.24, 2.45) is 0 Å². The van der Waals surface area contributed by atoms with Crippen LogP contribution in [0.5, 0.6) is 0 Å². The lowest BCUT2D eigenvalue weighted by molar-refractivity contribution is 0.125. The number of para-hydroxylation sites is 1. The van der Waals surface area contributed by atoms with Crippen molar-refractivity contribution in [1.29, 1.82) is 0 Å². The molecule has 1 saturated heterocycles. The number of aromatic nitrogens is 1. The van der Waals surface area contributed by atoms with Gasteiger partial charge in [-0.3, -0.25) is 4.98 Å². The van der Waals surface area contributed by atoms with Crippen molar-refractivity contribution in [3.8, 4) is 0 Å². The lowest BCUT2D eigenvalue weighted by Crippen LogP contribution is -2.46. The molecule has 2 aromatic carbocycles. The average molecular weight is 433 g/mol. The van der Waals surface area contributed by atoms with Crippen molar-refractivity contribution in [2.45, 2.75) is 23.6 Å². The molecule has 29 heavy (non-hydrogen) atoms. The van der Waals surface area contributed by atoms with Gasteiger partial charge in [-0.1, -0.05) is 48.5 Å². The molecule has 0 radical (unpaired) electrons. The Kier molecular flexibility index (Phi) is 5.16. The molecule has 0 amide bonds. The SMILES string of the molecule is O=S1(=O)C[C@@H](O)[C@@H](N(Cc2ccccc2)S(=O)(=O)c2cccc3cccnc23)C1. The smallest absolute Gasteiger partial charge is 0.245 e. The van der Waals surface area contributed by atoms with E-state index in [-0.39, 0.29) is 11.4 Å². The number of rotatable bonds is 5. The highest BCUT2D eigenvalue weighted by molar-refractivity contribution is 7.92. The van der Waals surface area contributed by atoms with Crippen LogP contribution >= 0.6 is 0 Å². The summed E-state index contributed by atoms with van der Waals surface area (Å²) in [5.41, 5.74) is 1.00. The van der Waals surface area contributed by atoms with Crippen LogP contribution in [0.15, 0.2) is 71.8 Å². The van der Waals surface area contributed by atoms with Crippen molar-refractivity contribution in [3.63, 3.8) is 0 Å². The molecule has 7 nitrogen and oxygen atoms in total. The molecule has 1 N–H and O–H groups in total. The first-order chi connectivity index (χ1) is 13.8. The van der Waals surface area contributed by atoms with Gasteiger partial charge in [0.05, 0.1) is 29.2 Å². The Morgan fingerprint density at radius 3 is 2.41 bits per heavy atom. The number of benzene rings is 2. The maximum atomic E-state index is 13.7. The molecule has 2 atom stereocenters. The van der Waals surface area contributed by atoms with Crippen LogP contribution < -0.4 is 0 Å². The lowest BCUT2D eigenvalue weighted by atomic mass is 10.2. The number of sulfone groups is 1. The van der Waals surface area contributed by atoms with E-state index in [4.69, 9.17) is 0 Å². The predicted molar refractivity (Wildman–Crippen MR) is 109 cm³/mol. The third kappa shape index (κ3) is 3.91. The number of hydrogen-bond donors (Lipinski definition) is 1. The van der Waals surface area contributed by atoms with E-state index < -0.39 is 43.5 Å². The van der Waals surface area contributed by atoms with Crippen LogP contribution in [0.2, 0.25) is 0 Å². The molecule has 0 unspecified atom stereocenters. The molecule has 9 heteroatoms. The van der Waals surface area contributed by atoms with Crippen molar-refractivity contribution in [3.05, 3.63) is 72.4 Å². The second kappa shape index (κ2) is 7.49. The summed E-state index contributed by atoms with van der Waals surface area (Å²) >= 11 is 0. The van der Waals surface area contributed by atoms with Crippen molar-refractivity contribution < 1.29 is 21.9 Å². The van der Waals surface area contributed by atoms with E-state index in [1.807, 2.05) is 6.07 Å². The Morgan fingerprint density at radius 1 is 1.00 bits per heavy atom. The summed E-state index contributed by atoms with van der Waals surface area (Å²) in [6.07, 6.45) is 0.221. The van der Waals surface area contributed by atoms with E-state index in [9.17, 15) is 21.9 Å². The van der Waals surface area contributed by atoms with Crippen molar-refractivity contribution >= 4 is 30.8 Å². The molecule has 0 spiro atoms. The van der Waals surface area contributed by atoms with Crippen LogP contribution in [0.25, 0.3) is 10.9 Å². The topological polar surface area (TPSA) is 105 Å². The Labute approximate surface area is 169 Å². The van der Waals surface area contributed by atoms with Gasteiger partial charge in [0.2, 0.25) is 10.0 Å². The van der Waals surface area contributed by atoms with E-state index in [1.165, 1.54) is 12.3 Å². The highest BCUT2D eigenvalue weighted by Gasteiger charge is 2.45. The van der Waals surface area contributed by atoms with E-state index in [0.29, 0.717) is 16.5 Å². The zero-order valence-electron chi connectivity index (χ0n) is 15.4. The van der Waals surface area contributed by atoms with Crippen LogP contribution in [0.4, 0.5) is 0 Å². The maximum Gasteiger partial charge on any atom is 0.245 e. The number of sulfonamides is 1. The summed E-state index contributed by atoms with van der Waals surface area (Å²) in [6, 6.07) is 16.2. The number of fused-ring (bicyclic) bond motifs is 1. The van der Waals surface area contributed by atoms with Gasteiger partial charge < -0.3 is 5.11 Å². The van der Waals surface area contributed by atoms with Gasteiger partial charge in [-0.05, 0) is 17.7 Å². The van der Waals surface area contributed by atoms with Crippen molar-refractivity contribution in [1.82, 2.24) is 9.29 Å². The molecule has 1 aliphatic rings. The summed E-state index contributed by atoms with van der Waals surface area (Å²) in [5, 5.41) is 11.1. The van der Waals surface area contributed by atoms with E-state index >= 15 is 0 Å². The van der Waals surface area contributed by atoms with E-state index in [2.05, 4.69) is 4.98 Å². The van der Waals surface area contributed by atoms with Crippen LogP contribution in [-0.4, -0.2) is 54.9 Å². The summed E-state index contributed by atoms with van der Waals surface area (Å²) in [6.45, 7) is -0.0519. The first-order valence-electron chi connectivity index (χ1n) is 9.06. The van der Waals surface area contributed by atoms with Gasteiger partial charge in [0.1, 0.15) is 4.90 Å². The summed E-state index contributed by atoms with van der Waals surface area (Å²) in [7, 11) is -7.68. The average Bonchev–Trinajstić information content (AvgIpc) is 2.98. The molecule has 0 saturated carbocycles. The molecule has 2 heterocycles. The minimum atomic E-state index is -4.15. The molecule has 4 rings (SSSR count). The second-order valence-electron chi connectivity index (χ2n) is 7.08. The maximum absolute atomic E-state index is 13.7. The predicted octanol–water partition coefficient (Wildman–Crippen LogP) is 1.58. The Hall–Kier alpha value is -2.33. The van der Waals surface area contributed by atoms with Crippen LogP contribution in [0.3, 0.4) is 0 Å². The first-order valence-corrected chi connectivity index (χ1v) is 12.3. The molecule has 0 aliphatic carbocycles. The number of hydrogen-bond acceptors (Lipinski definition) is 6. The molecule has 152 valence electrons. The van der Waals surface area contributed by atoms with Crippen LogP contribution in [-0.2, 0) is 26.4 Å². The molecule has 3 aromatic rings. The molecule has 0 bridgehead atoms. The second-order valence-corrected chi connectivity index (χ2v) is 11.1. The molecule has 1 fully saturated rings. The summed E-state index contributed by atoms with van der Waals surface area (Å²) in [5.74, 6) is -0.870. The van der Waals surface area contributed by atoms with Gasteiger partial charge >= 0.3 is 0 Å². The lowest BCUT2D eigenvalue weighted by Gasteiger charge is -2.29. The Morgan fingerprint density at radius 2 is 1.72 bits per heavy atom. The van der Waals surface area contributed by atoms with E-state index in [1.54, 1.807) is 48.5 Å².